The van der Waals surface area contributed by atoms with Crippen LogP contribution in [0.1, 0.15) is 5.69 Å². The highest BCUT2D eigenvalue weighted by molar-refractivity contribution is 5.88. The molecular formula is C21H16N2. The highest BCUT2D eigenvalue weighted by Crippen LogP contribution is 2.32. The van der Waals surface area contributed by atoms with Gasteiger partial charge in [0.15, 0.2) is 0 Å². The van der Waals surface area contributed by atoms with Crippen molar-refractivity contribution >= 4 is 10.9 Å². The van der Waals surface area contributed by atoms with Gasteiger partial charge in [0.05, 0.1) is 11.2 Å². The molecule has 0 aliphatic rings. The molecule has 0 fully saturated rings. The molecule has 0 aliphatic heterocycles. The first-order valence-electron chi connectivity index (χ1n) is 7.69. The summed E-state index contributed by atoms with van der Waals surface area (Å²) in [7, 11) is 0. The summed E-state index contributed by atoms with van der Waals surface area (Å²) >= 11 is 0. The number of nitrogens with zero attached hydrogens (tertiary/aromatic N) is 2. The zero-order valence-electron chi connectivity index (χ0n) is 12.9. The minimum Gasteiger partial charge on any atom is -0.256 e. The van der Waals surface area contributed by atoms with E-state index in [1.54, 1.807) is 0 Å². The second-order valence-corrected chi connectivity index (χ2v) is 5.62. The van der Waals surface area contributed by atoms with Crippen molar-refractivity contribution in [3.05, 3.63) is 84.7 Å². The fraction of sp³-hybridized carbons (Fsp3) is 0.0476. The minimum atomic E-state index is 0.986. The number of fused-ring (bicyclic) bond motifs is 1. The van der Waals surface area contributed by atoms with Crippen LogP contribution < -0.4 is 0 Å². The zero-order chi connectivity index (χ0) is 15.6. The van der Waals surface area contributed by atoms with E-state index >= 15 is 0 Å². The van der Waals surface area contributed by atoms with E-state index in [9.17, 15) is 0 Å². The van der Waals surface area contributed by atoms with E-state index in [0.29, 0.717) is 0 Å². The number of rotatable bonds is 2. The van der Waals surface area contributed by atoms with Crippen LogP contribution in [0.2, 0.25) is 0 Å². The van der Waals surface area contributed by atoms with Gasteiger partial charge in [-0.15, -0.1) is 0 Å². The summed E-state index contributed by atoms with van der Waals surface area (Å²) in [5, 5.41) is 1.16. The molecule has 0 saturated carbocycles. The van der Waals surface area contributed by atoms with E-state index < -0.39 is 0 Å². The van der Waals surface area contributed by atoms with Gasteiger partial charge >= 0.3 is 0 Å². The maximum atomic E-state index is 4.65. The monoisotopic (exact) mass is 296 g/mol. The number of aromatic nitrogens is 2. The Morgan fingerprint density at radius 2 is 1.52 bits per heavy atom. The lowest BCUT2D eigenvalue weighted by molar-refractivity contribution is 1.26. The Kier molecular flexibility index (Phi) is 3.35. The van der Waals surface area contributed by atoms with Crippen molar-refractivity contribution < 1.29 is 0 Å². The van der Waals surface area contributed by atoms with Crippen molar-refractivity contribution in [2.45, 2.75) is 6.92 Å². The third-order valence-corrected chi connectivity index (χ3v) is 4.01. The topological polar surface area (TPSA) is 25.8 Å². The van der Waals surface area contributed by atoms with Gasteiger partial charge in [-0.25, -0.2) is 0 Å². The van der Waals surface area contributed by atoms with Crippen LogP contribution in [-0.4, -0.2) is 9.97 Å². The molecule has 110 valence electrons. The van der Waals surface area contributed by atoms with Crippen LogP contribution in [-0.2, 0) is 0 Å². The Labute approximate surface area is 135 Å². The van der Waals surface area contributed by atoms with Crippen molar-refractivity contribution in [1.29, 1.82) is 0 Å². The molecule has 2 heteroatoms. The van der Waals surface area contributed by atoms with Crippen LogP contribution in [0.3, 0.4) is 0 Å². The lowest BCUT2D eigenvalue weighted by atomic mass is 9.96. The lowest BCUT2D eigenvalue weighted by Crippen LogP contribution is -1.89. The summed E-state index contributed by atoms with van der Waals surface area (Å²) in [6.45, 7) is 2.02. The summed E-state index contributed by atoms with van der Waals surface area (Å²) in [6, 6.07) is 25.0. The van der Waals surface area contributed by atoms with Gasteiger partial charge in [0, 0.05) is 22.8 Å². The molecular weight excluding hydrogens is 280 g/mol. The van der Waals surface area contributed by atoms with Gasteiger partial charge in [-0.1, -0.05) is 48.5 Å². The highest BCUT2D eigenvalue weighted by Gasteiger charge is 2.08. The lowest BCUT2D eigenvalue weighted by Gasteiger charge is -2.10. The first kappa shape index (κ1) is 13.6. The fourth-order valence-electron chi connectivity index (χ4n) is 2.87. The maximum absolute atomic E-state index is 4.65. The number of aryl methyl sites for hydroxylation is 1. The Morgan fingerprint density at radius 3 is 2.35 bits per heavy atom. The summed E-state index contributed by atoms with van der Waals surface area (Å²) < 4.78 is 0. The molecule has 0 N–H and O–H groups in total. The molecule has 23 heavy (non-hydrogen) atoms. The van der Waals surface area contributed by atoms with E-state index in [-0.39, 0.29) is 0 Å². The third kappa shape index (κ3) is 2.59. The van der Waals surface area contributed by atoms with Crippen LogP contribution >= 0.6 is 0 Å². The van der Waals surface area contributed by atoms with E-state index in [0.717, 1.165) is 33.4 Å². The van der Waals surface area contributed by atoms with Crippen molar-refractivity contribution in [3.63, 3.8) is 0 Å². The molecule has 2 aromatic heterocycles. The van der Waals surface area contributed by atoms with Gasteiger partial charge in [0.1, 0.15) is 0 Å². The highest BCUT2D eigenvalue weighted by atomic mass is 14.7. The normalized spacial score (nSPS) is 10.8. The number of pyridine rings is 2. The molecule has 0 saturated heterocycles. The van der Waals surface area contributed by atoms with Gasteiger partial charge in [-0.2, -0.15) is 0 Å². The van der Waals surface area contributed by atoms with Crippen LogP contribution in [0.15, 0.2) is 79.0 Å². The minimum absolute atomic E-state index is 0.986. The number of hydrogen-bond acceptors (Lipinski definition) is 2. The number of benzene rings is 2. The van der Waals surface area contributed by atoms with E-state index in [4.69, 9.17) is 0 Å². The smallest absolute Gasteiger partial charge is 0.0711 e. The summed E-state index contributed by atoms with van der Waals surface area (Å²) in [4.78, 5) is 9.14. The van der Waals surface area contributed by atoms with Gasteiger partial charge in [-0.3, -0.25) is 9.97 Å². The zero-order valence-corrected chi connectivity index (χ0v) is 12.9. The Hall–Kier alpha value is -3.00. The summed E-state index contributed by atoms with van der Waals surface area (Å²) in [6.07, 6.45) is 1.83. The molecule has 4 rings (SSSR count). The van der Waals surface area contributed by atoms with Crippen molar-refractivity contribution in [2.24, 2.45) is 0 Å². The van der Waals surface area contributed by atoms with Gasteiger partial charge in [0.25, 0.3) is 0 Å². The Bertz CT molecular complexity index is 975. The molecule has 2 heterocycles. The van der Waals surface area contributed by atoms with Crippen LogP contribution in [0.5, 0.6) is 0 Å². The second kappa shape index (κ2) is 5.65. The van der Waals surface area contributed by atoms with E-state index in [1.165, 1.54) is 5.56 Å². The van der Waals surface area contributed by atoms with Crippen molar-refractivity contribution in [2.75, 3.05) is 0 Å². The average molecular weight is 296 g/mol. The second-order valence-electron chi connectivity index (χ2n) is 5.62. The van der Waals surface area contributed by atoms with Crippen molar-refractivity contribution in [1.82, 2.24) is 9.97 Å². The predicted molar refractivity (Wildman–Crippen MR) is 95.1 cm³/mol. The van der Waals surface area contributed by atoms with Gasteiger partial charge in [0.2, 0.25) is 0 Å². The average Bonchev–Trinajstić information content (AvgIpc) is 2.62. The third-order valence-electron chi connectivity index (χ3n) is 4.01. The van der Waals surface area contributed by atoms with Crippen molar-refractivity contribution in [3.8, 4) is 22.4 Å². The van der Waals surface area contributed by atoms with Gasteiger partial charge in [-0.05, 0) is 42.3 Å². The molecule has 0 bridgehead atoms. The van der Waals surface area contributed by atoms with Crippen LogP contribution in [0.25, 0.3) is 33.3 Å². The Balaban J connectivity index is 1.91. The first-order valence-corrected chi connectivity index (χ1v) is 7.69. The molecule has 2 aromatic carbocycles. The molecule has 4 aromatic rings. The fourth-order valence-corrected chi connectivity index (χ4v) is 2.87. The maximum Gasteiger partial charge on any atom is 0.0711 e. The predicted octanol–water partition coefficient (Wildman–Crippen LogP) is 5.27. The molecule has 0 atom stereocenters. The van der Waals surface area contributed by atoms with Crippen LogP contribution in [0.4, 0.5) is 0 Å². The molecule has 0 unspecified atom stereocenters. The molecule has 2 nitrogen and oxygen atoms in total. The SMILES string of the molecule is Cc1ccc2ccc(-c3ccccc3-c3ccccn3)cc2n1. The van der Waals surface area contributed by atoms with Gasteiger partial charge < -0.3 is 0 Å². The number of hydrogen-bond donors (Lipinski definition) is 0. The first-order chi connectivity index (χ1) is 11.3. The molecule has 0 radical (unpaired) electrons. The summed E-state index contributed by atoms with van der Waals surface area (Å²) in [5.41, 5.74) is 6.53. The van der Waals surface area contributed by atoms with E-state index in [2.05, 4.69) is 58.5 Å². The summed E-state index contributed by atoms with van der Waals surface area (Å²) in [5.74, 6) is 0. The quantitative estimate of drug-likeness (QED) is 0.503. The Morgan fingerprint density at radius 1 is 0.739 bits per heavy atom. The molecule has 0 aliphatic carbocycles. The van der Waals surface area contributed by atoms with Crippen LogP contribution in [0, 0.1) is 6.92 Å². The van der Waals surface area contributed by atoms with E-state index in [1.807, 2.05) is 37.4 Å². The largest absolute Gasteiger partial charge is 0.256 e. The molecule has 0 amide bonds. The standard InChI is InChI=1S/C21H16N2/c1-15-9-10-16-11-12-17(14-21(16)23-15)18-6-2-3-7-19(18)20-8-4-5-13-22-20/h2-14H,1H3. The molecule has 0 spiro atoms.